The van der Waals surface area contributed by atoms with E-state index in [-0.39, 0.29) is 17.6 Å². The van der Waals surface area contributed by atoms with E-state index in [0.717, 1.165) is 5.56 Å². The monoisotopic (exact) mass is 293 g/mol. The van der Waals surface area contributed by atoms with Gasteiger partial charge in [-0.15, -0.1) is 0 Å². The van der Waals surface area contributed by atoms with Crippen LogP contribution in [0.15, 0.2) is 12.1 Å². The lowest BCUT2D eigenvalue weighted by molar-refractivity contribution is -0.384. The van der Waals surface area contributed by atoms with Crippen molar-refractivity contribution in [3.8, 4) is 0 Å². The molecule has 1 aliphatic heterocycles. The summed E-state index contributed by atoms with van der Waals surface area (Å²) in [4.78, 5) is 22.2. The van der Waals surface area contributed by atoms with Gasteiger partial charge in [-0.1, -0.05) is 0 Å². The average molecular weight is 293 g/mol. The quantitative estimate of drug-likeness (QED) is 0.569. The Morgan fingerprint density at radius 2 is 2.14 bits per heavy atom. The molecule has 0 fully saturated rings. The lowest BCUT2D eigenvalue weighted by Gasteiger charge is -2.21. The highest BCUT2D eigenvalue weighted by Gasteiger charge is 2.23. The van der Waals surface area contributed by atoms with E-state index >= 15 is 0 Å². The molecular weight excluding hydrogens is 274 g/mol. The van der Waals surface area contributed by atoms with Gasteiger partial charge in [-0.3, -0.25) is 14.9 Å². The summed E-state index contributed by atoms with van der Waals surface area (Å²) < 4.78 is 0. The molecule has 0 saturated heterocycles. The largest absolute Gasteiger partial charge is 0.393 e. The molecule has 1 aromatic carbocycles. The van der Waals surface area contributed by atoms with Crippen LogP contribution in [0, 0.1) is 10.1 Å². The molecule has 7 nitrogen and oxygen atoms in total. The van der Waals surface area contributed by atoms with E-state index < -0.39 is 11.0 Å². The molecule has 1 aromatic rings. The molecule has 2 atom stereocenters. The number of carbonyl (C=O) groups is 1. The number of nitrogens with one attached hydrogen (secondary N) is 2. The third-order valence-corrected chi connectivity index (χ3v) is 3.41. The van der Waals surface area contributed by atoms with Crippen molar-refractivity contribution in [2.24, 2.45) is 0 Å². The van der Waals surface area contributed by atoms with Crippen LogP contribution in [0.25, 0.3) is 0 Å². The number of aliphatic hydroxyl groups excluding tert-OH is 1. The van der Waals surface area contributed by atoms with Gasteiger partial charge in [0.2, 0.25) is 5.91 Å². The molecule has 7 heteroatoms. The Bertz CT molecular complexity index is 572. The molecule has 0 aromatic heterocycles. The maximum atomic E-state index is 11.4. The van der Waals surface area contributed by atoms with E-state index in [1.54, 1.807) is 13.0 Å². The minimum Gasteiger partial charge on any atom is -0.393 e. The normalized spacial score (nSPS) is 16.6. The Labute approximate surface area is 122 Å². The molecule has 1 heterocycles. The first kappa shape index (κ1) is 15.2. The fourth-order valence-electron chi connectivity index (χ4n) is 2.52. The number of benzene rings is 1. The fraction of sp³-hybridized carbons (Fsp3) is 0.500. The molecule has 0 spiro atoms. The number of nitrogens with zero attached hydrogens (tertiary/aromatic N) is 1. The first-order valence-corrected chi connectivity index (χ1v) is 6.92. The number of nitro benzene ring substituents is 1. The zero-order chi connectivity index (χ0) is 15.6. The van der Waals surface area contributed by atoms with Crippen LogP contribution in [0.5, 0.6) is 0 Å². The van der Waals surface area contributed by atoms with Crippen molar-refractivity contribution < 1.29 is 14.8 Å². The van der Waals surface area contributed by atoms with Crippen molar-refractivity contribution in [3.63, 3.8) is 0 Å². The van der Waals surface area contributed by atoms with Crippen LogP contribution < -0.4 is 10.6 Å². The number of aliphatic hydroxyl groups is 1. The maximum absolute atomic E-state index is 11.4. The summed E-state index contributed by atoms with van der Waals surface area (Å²) in [5, 5.41) is 26.3. The minimum atomic E-state index is -0.496. The van der Waals surface area contributed by atoms with Crippen LogP contribution in [0.4, 0.5) is 17.1 Å². The minimum absolute atomic E-state index is 0.0117. The van der Waals surface area contributed by atoms with Crippen molar-refractivity contribution in [1.82, 2.24) is 0 Å². The Balaban J connectivity index is 2.32. The number of rotatable bonds is 5. The summed E-state index contributed by atoms with van der Waals surface area (Å²) in [7, 11) is 0. The van der Waals surface area contributed by atoms with Gasteiger partial charge in [0.05, 0.1) is 11.0 Å². The van der Waals surface area contributed by atoms with Gasteiger partial charge in [-0.2, -0.15) is 0 Å². The third kappa shape index (κ3) is 3.69. The summed E-state index contributed by atoms with van der Waals surface area (Å²) in [5.74, 6) is -0.0840. The van der Waals surface area contributed by atoms with Crippen LogP contribution >= 0.6 is 0 Å². The van der Waals surface area contributed by atoms with E-state index in [1.807, 2.05) is 6.92 Å². The van der Waals surface area contributed by atoms with Crippen LogP contribution in [0.2, 0.25) is 0 Å². The lowest BCUT2D eigenvalue weighted by atomic mass is 10.0. The summed E-state index contributed by atoms with van der Waals surface area (Å²) in [6.07, 6.45) is 0.825. The van der Waals surface area contributed by atoms with Crippen LogP contribution in [0.1, 0.15) is 32.3 Å². The van der Waals surface area contributed by atoms with Gasteiger partial charge >= 0.3 is 0 Å². The van der Waals surface area contributed by atoms with Crippen LogP contribution in [-0.4, -0.2) is 28.1 Å². The molecule has 114 valence electrons. The number of anilines is 2. The van der Waals surface area contributed by atoms with Crippen molar-refractivity contribution >= 4 is 23.0 Å². The van der Waals surface area contributed by atoms with Crippen molar-refractivity contribution in [2.45, 2.75) is 45.3 Å². The number of aryl methyl sites for hydroxylation is 1. The highest BCUT2D eigenvalue weighted by atomic mass is 16.6. The molecule has 2 rings (SSSR count). The maximum Gasteiger partial charge on any atom is 0.292 e. The van der Waals surface area contributed by atoms with Gasteiger partial charge in [0, 0.05) is 24.2 Å². The summed E-state index contributed by atoms with van der Waals surface area (Å²) in [6.45, 7) is 3.51. The number of hydrogen-bond donors (Lipinski definition) is 3. The third-order valence-electron chi connectivity index (χ3n) is 3.41. The lowest BCUT2D eigenvalue weighted by Crippen LogP contribution is -2.23. The Morgan fingerprint density at radius 3 is 2.76 bits per heavy atom. The van der Waals surface area contributed by atoms with E-state index in [1.165, 1.54) is 6.07 Å². The second-order valence-corrected chi connectivity index (χ2v) is 5.46. The predicted molar refractivity (Wildman–Crippen MR) is 79.4 cm³/mol. The Kier molecular flexibility index (Phi) is 4.42. The van der Waals surface area contributed by atoms with Crippen molar-refractivity contribution in [1.29, 1.82) is 0 Å². The molecule has 0 radical (unpaired) electrons. The molecule has 0 aliphatic carbocycles. The zero-order valence-electron chi connectivity index (χ0n) is 12.0. The average Bonchev–Trinajstić information content (AvgIpc) is 2.36. The number of fused-ring (bicyclic) bond motifs is 1. The molecule has 0 bridgehead atoms. The highest BCUT2D eigenvalue weighted by molar-refractivity contribution is 5.95. The zero-order valence-corrected chi connectivity index (χ0v) is 12.0. The van der Waals surface area contributed by atoms with Crippen molar-refractivity contribution in [3.05, 3.63) is 27.8 Å². The number of carbonyl (C=O) groups excluding carboxylic acids is 1. The second-order valence-electron chi connectivity index (χ2n) is 5.46. The number of amides is 1. The van der Waals surface area contributed by atoms with Crippen LogP contribution in [-0.2, 0) is 11.2 Å². The van der Waals surface area contributed by atoms with E-state index in [2.05, 4.69) is 10.6 Å². The summed E-state index contributed by atoms with van der Waals surface area (Å²) in [5.41, 5.74) is 1.73. The molecule has 2 unspecified atom stereocenters. The Morgan fingerprint density at radius 1 is 1.43 bits per heavy atom. The smallest absolute Gasteiger partial charge is 0.292 e. The van der Waals surface area contributed by atoms with Gasteiger partial charge < -0.3 is 15.7 Å². The van der Waals surface area contributed by atoms with Crippen LogP contribution in [0.3, 0.4) is 0 Å². The van der Waals surface area contributed by atoms with E-state index in [4.69, 9.17) is 0 Å². The SMILES string of the molecule is CC(O)CC(C)Nc1cc2c(cc1[N+](=O)[O-])CCC(=O)N2. The topological polar surface area (TPSA) is 104 Å². The van der Waals surface area contributed by atoms with Gasteiger partial charge in [-0.05, 0) is 38.3 Å². The second kappa shape index (κ2) is 6.09. The van der Waals surface area contributed by atoms with Gasteiger partial charge in [0.15, 0.2) is 0 Å². The summed E-state index contributed by atoms with van der Waals surface area (Å²) in [6, 6.07) is 2.98. The number of hydrogen-bond acceptors (Lipinski definition) is 5. The number of nitro groups is 1. The van der Waals surface area contributed by atoms with Crippen molar-refractivity contribution in [2.75, 3.05) is 10.6 Å². The highest BCUT2D eigenvalue weighted by Crippen LogP contribution is 2.34. The molecule has 1 amide bonds. The van der Waals surface area contributed by atoms with Gasteiger partial charge in [-0.25, -0.2) is 0 Å². The summed E-state index contributed by atoms with van der Waals surface area (Å²) >= 11 is 0. The first-order chi connectivity index (χ1) is 9.86. The first-order valence-electron chi connectivity index (χ1n) is 6.92. The fourth-order valence-corrected chi connectivity index (χ4v) is 2.52. The standard InChI is InChI=1S/C14H19N3O4/c1-8(5-9(2)18)15-12-7-11-10(3-4-14(19)16-11)6-13(12)17(20)21/h6-9,15,18H,3-5H2,1-2H3,(H,16,19). The van der Waals surface area contributed by atoms with E-state index in [9.17, 15) is 20.0 Å². The van der Waals surface area contributed by atoms with E-state index in [0.29, 0.717) is 30.6 Å². The molecule has 21 heavy (non-hydrogen) atoms. The molecular formula is C14H19N3O4. The predicted octanol–water partition coefficient (Wildman–Crippen LogP) is 2.05. The van der Waals surface area contributed by atoms with Gasteiger partial charge in [0.25, 0.3) is 5.69 Å². The Hall–Kier alpha value is -2.15. The molecule has 3 N–H and O–H groups in total. The van der Waals surface area contributed by atoms with Gasteiger partial charge in [0.1, 0.15) is 5.69 Å². The molecule has 0 saturated carbocycles. The molecule has 1 aliphatic rings.